The molecule has 0 aliphatic carbocycles. The first-order valence-electron chi connectivity index (χ1n) is 12.5. The summed E-state index contributed by atoms with van der Waals surface area (Å²) in [5.41, 5.74) is 7.44. The molecule has 0 N–H and O–H groups in total. The van der Waals surface area contributed by atoms with Gasteiger partial charge in [0.25, 0.3) is 0 Å². The van der Waals surface area contributed by atoms with E-state index in [0.29, 0.717) is 11.8 Å². The lowest BCUT2D eigenvalue weighted by Gasteiger charge is -2.09. The fourth-order valence-electron chi connectivity index (χ4n) is 5.87. The number of terminal acetylenes is 1. The van der Waals surface area contributed by atoms with Crippen LogP contribution >= 0.6 is 0 Å². The van der Waals surface area contributed by atoms with Crippen molar-refractivity contribution in [2.45, 2.75) is 39.5 Å². The minimum Gasteiger partial charge on any atom is -0.308 e. The van der Waals surface area contributed by atoms with Gasteiger partial charge in [-0.3, -0.25) is 0 Å². The van der Waals surface area contributed by atoms with Crippen molar-refractivity contribution in [3.8, 4) is 12.3 Å². The van der Waals surface area contributed by atoms with Gasteiger partial charge in [-0.25, -0.2) is 0 Å². The van der Waals surface area contributed by atoms with E-state index in [1.165, 1.54) is 70.8 Å². The second kappa shape index (κ2) is 7.00. The minimum absolute atomic E-state index is 0.506. The van der Waals surface area contributed by atoms with Crippen LogP contribution < -0.4 is 0 Å². The van der Waals surface area contributed by atoms with Crippen LogP contribution in [0.1, 0.15) is 56.2 Å². The SMILES string of the molecule is C#Cc1cc2c3cc4cc(C(C)C)ccc4cc3n3c4cc5ccc(C(C)C)cc5cc4c(c1)c23. The quantitative estimate of drug-likeness (QED) is 0.232. The van der Waals surface area contributed by atoms with Gasteiger partial charge in [0.05, 0.1) is 16.6 Å². The number of fused-ring (bicyclic) bond motifs is 8. The fourth-order valence-corrected chi connectivity index (χ4v) is 5.87. The maximum absolute atomic E-state index is 5.94. The third-order valence-corrected chi connectivity index (χ3v) is 7.85. The van der Waals surface area contributed by atoms with Gasteiger partial charge in [-0.15, -0.1) is 6.42 Å². The van der Waals surface area contributed by atoms with Gasteiger partial charge >= 0.3 is 0 Å². The largest absolute Gasteiger partial charge is 0.308 e. The molecule has 168 valence electrons. The van der Waals surface area contributed by atoms with Crippen molar-refractivity contribution >= 4 is 59.6 Å². The highest BCUT2D eigenvalue weighted by molar-refractivity contribution is 6.26. The van der Waals surface area contributed by atoms with Crippen molar-refractivity contribution in [3.63, 3.8) is 0 Å². The molecule has 1 nitrogen and oxygen atoms in total. The summed E-state index contributed by atoms with van der Waals surface area (Å²) in [5.74, 6) is 3.93. The number of benzene rings is 5. The normalized spacial score (nSPS) is 12.5. The number of nitrogens with zero attached hydrogens (tertiary/aromatic N) is 1. The lowest BCUT2D eigenvalue weighted by molar-refractivity contribution is 0.869. The standard InChI is InChI=1S/C34H27N/c1-6-21-11-30-28-15-26-13-22(19(2)3)7-9-24(26)17-32(28)35-33-18-25-10-8-23(20(4)5)14-27(25)16-29(33)31(12-21)34(30)35/h1,7-20H,2-5H3. The zero-order chi connectivity index (χ0) is 24.0. The Balaban J connectivity index is 1.67. The van der Waals surface area contributed by atoms with Crippen LogP contribution in [0, 0.1) is 12.3 Å². The summed E-state index contributed by atoms with van der Waals surface area (Å²) in [6.45, 7) is 9.00. The van der Waals surface area contributed by atoms with Crippen LogP contribution in [0.15, 0.2) is 72.8 Å². The van der Waals surface area contributed by atoms with Gasteiger partial charge in [0, 0.05) is 27.1 Å². The van der Waals surface area contributed by atoms with Crippen LogP contribution in [0.5, 0.6) is 0 Å². The molecule has 0 unspecified atom stereocenters. The number of aromatic nitrogens is 1. The smallest absolute Gasteiger partial charge is 0.0621 e. The molecular formula is C34H27N. The number of rotatable bonds is 2. The van der Waals surface area contributed by atoms with E-state index in [-0.39, 0.29) is 0 Å². The molecule has 0 fully saturated rings. The predicted molar refractivity (Wildman–Crippen MR) is 152 cm³/mol. The van der Waals surface area contributed by atoms with Gasteiger partial charge in [0.15, 0.2) is 0 Å². The molecule has 0 radical (unpaired) electrons. The second-order valence-electron chi connectivity index (χ2n) is 10.7. The molecule has 2 aromatic heterocycles. The first kappa shape index (κ1) is 20.4. The molecule has 0 saturated heterocycles. The highest BCUT2D eigenvalue weighted by Gasteiger charge is 2.19. The van der Waals surface area contributed by atoms with Gasteiger partial charge < -0.3 is 4.40 Å². The van der Waals surface area contributed by atoms with Crippen LogP contribution in [0.3, 0.4) is 0 Å². The summed E-state index contributed by atoms with van der Waals surface area (Å²) in [6.07, 6.45) is 5.94. The molecule has 2 heterocycles. The van der Waals surface area contributed by atoms with Crippen LogP contribution in [-0.2, 0) is 0 Å². The van der Waals surface area contributed by atoms with Crippen LogP contribution in [0.2, 0.25) is 0 Å². The number of hydrogen-bond acceptors (Lipinski definition) is 0. The molecule has 0 amide bonds. The molecule has 35 heavy (non-hydrogen) atoms. The molecule has 7 aromatic rings. The van der Waals surface area contributed by atoms with Crippen molar-refractivity contribution in [2.24, 2.45) is 0 Å². The third kappa shape index (κ3) is 2.77. The van der Waals surface area contributed by atoms with Crippen molar-refractivity contribution in [2.75, 3.05) is 0 Å². The minimum atomic E-state index is 0.506. The molecule has 7 rings (SSSR count). The van der Waals surface area contributed by atoms with Crippen LogP contribution in [0.4, 0.5) is 0 Å². The predicted octanol–water partition coefficient (Wildman–Crippen LogP) is 9.37. The van der Waals surface area contributed by atoms with Crippen molar-refractivity contribution in [3.05, 3.63) is 89.5 Å². The van der Waals surface area contributed by atoms with Gasteiger partial charge in [0.1, 0.15) is 0 Å². The first-order chi connectivity index (χ1) is 16.9. The maximum Gasteiger partial charge on any atom is 0.0621 e. The Hall–Kier alpha value is -4.02. The summed E-state index contributed by atoms with van der Waals surface area (Å²) in [4.78, 5) is 0. The Morgan fingerprint density at radius 2 is 1.06 bits per heavy atom. The Morgan fingerprint density at radius 3 is 1.49 bits per heavy atom. The van der Waals surface area contributed by atoms with E-state index >= 15 is 0 Å². The third-order valence-electron chi connectivity index (χ3n) is 7.85. The zero-order valence-corrected chi connectivity index (χ0v) is 20.6. The Labute approximate surface area is 205 Å². The highest BCUT2D eigenvalue weighted by atomic mass is 14.9. The fraction of sp³-hybridized carbons (Fsp3) is 0.176. The molecule has 0 bridgehead atoms. The molecule has 0 aliphatic heterocycles. The van der Waals surface area contributed by atoms with Gasteiger partial charge in [-0.05, 0) is 80.9 Å². The van der Waals surface area contributed by atoms with E-state index in [2.05, 4.69) is 111 Å². The second-order valence-corrected chi connectivity index (χ2v) is 10.7. The molecule has 0 atom stereocenters. The average Bonchev–Trinajstić information content (AvgIpc) is 3.35. The van der Waals surface area contributed by atoms with E-state index in [1.807, 2.05) is 0 Å². The lowest BCUT2D eigenvalue weighted by atomic mass is 9.96. The number of hydrogen-bond donors (Lipinski definition) is 0. The Kier molecular flexibility index (Phi) is 4.07. The highest BCUT2D eigenvalue weighted by Crippen LogP contribution is 2.42. The monoisotopic (exact) mass is 449 g/mol. The molecular weight excluding hydrogens is 422 g/mol. The Bertz CT molecular complexity index is 1870. The van der Waals surface area contributed by atoms with Gasteiger partial charge in [-0.2, -0.15) is 0 Å². The molecule has 0 spiro atoms. The zero-order valence-electron chi connectivity index (χ0n) is 20.6. The van der Waals surface area contributed by atoms with Crippen molar-refractivity contribution < 1.29 is 0 Å². The summed E-state index contributed by atoms with van der Waals surface area (Å²) >= 11 is 0. The molecule has 5 aromatic carbocycles. The van der Waals surface area contributed by atoms with E-state index in [9.17, 15) is 0 Å². The average molecular weight is 450 g/mol. The van der Waals surface area contributed by atoms with E-state index in [4.69, 9.17) is 6.42 Å². The van der Waals surface area contributed by atoms with E-state index < -0.39 is 0 Å². The molecule has 0 saturated carbocycles. The summed E-state index contributed by atoms with van der Waals surface area (Å²) in [6, 6.07) is 27.6. The Morgan fingerprint density at radius 1 is 0.571 bits per heavy atom. The summed E-state index contributed by atoms with van der Waals surface area (Å²) in [5, 5.41) is 10.1. The summed E-state index contributed by atoms with van der Waals surface area (Å²) in [7, 11) is 0. The summed E-state index contributed by atoms with van der Waals surface area (Å²) < 4.78 is 2.46. The van der Waals surface area contributed by atoms with Crippen LogP contribution in [-0.4, -0.2) is 4.40 Å². The van der Waals surface area contributed by atoms with E-state index in [1.54, 1.807) is 0 Å². The van der Waals surface area contributed by atoms with Crippen LogP contribution in [0.25, 0.3) is 59.6 Å². The van der Waals surface area contributed by atoms with E-state index in [0.717, 1.165) is 5.56 Å². The van der Waals surface area contributed by atoms with Crippen molar-refractivity contribution in [1.29, 1.82) is 0 Å². The topological polar surface area (TPSA) is 4.41 Å². The van der Waals surface area contributed by atoms with Gasteiger partial charge in [-0.1, -0.05) is 70.0 Å². The van der Waals surface area contributed by atoms with Crippen molar-refractivity contribution in [1.82, 2.24) is 4.40 Å². The lowest BCUT2D eigenvalue weighted by Crippen LogP contribution is -1.88. The maximum atomic E-state index is 5.94. The molecule has 0 aliphatic rings. The molecule has 1 heteroatoms. The first-order valence-corrected chi connectivity index (χ1v) is 12.5. The van der Waals surface area contributed by atoms with Gasteiger partial charge in [0.2, 0.25) is 0 Å².